The highest BCUT2D eigenvalue weighted by Crippen LogP contribution is 2.45. The Kier molecular flexibility index (Phi) is 7.92. The molecule has 2 aliphatic heterocycles. The van der Waals surface area contributed by atoms with Gasteiger partial charge in [0.05, 0.1) is 13.2 Å². The second-order valence-corrected chi connectivity index (χ2v) is 11.6. The van der Waals surface area contributed by atoms with Crippen LogP contribution in [0.5, 0.6) is 11.5 Å². The van der Waals surface area contributed by atoms with Crippen LogP contribution >= 0.6 is 0 Å². The predicted octanol–water partition coefficient (Wildman–Crippen LogP) is 5.02. The molecule has 4 rings (SSSR count). The first kappa shape index (κ1) is 28.1. The summed E-state index contributed by atoms with van der Waals surface area (Å²) in [5.74, 6) is 2.08. The molecule has 0 aliphatic carbocycles. The Morgan fingerprint density at radius 3 is 1.53 bits per heavy atom. The number of aliphatic hydroxyl groups excluding tert-OH is 2. The quantitative estimate of drug-likeness (QED) is 0.502. The molecule has 0 bridgehead atoms. The Bertz CT molecular complexity index is 1110. The number of fused-ring (bicyclic) bond motifs is 2. The second kappa shape index (κ2) is 10.1. The second-order valence-electron chi connectivity index (χ2n) is 11.6. The van der Waals surface area contributed by atoms with Crippen molar-refractivity contribution in [1.82, 2.24) is 0 Å². The van der Waals surface area contributed by atoms with Gasteiger partial charge in [-0.2, -0.15) is 0 Å². The fraction of sp³-hybridized carbons (Fsp3) is 0.600. The Hall–Kier alpha value is -2.44. The number of rotatable bonds is 5. The molecule has 36 heavy (non-hydrogen) atoms. The largest absolute Gasteiger partial charge is 0.487 e. The van der Waals surface area contributed by atoms with E-state index in [-0.39, 0.29) is 24.4 Å². The van der Waals surface area contributed by atoms with Crippen molar-refractivity contribution in [3.8, 4) is 11.5 Å². The first-order valence-electron chi connectivity index (χ1n) is 13.0. The van der Waals surface area contributed by atoms with Crippen LogP contribution in [0, 0.1) is 41.5 Å². The molecule has 0 saturated carbocycles. The molecule has 0 saturated heterocycles. The van der Waals surface area contributed by atoms with Gasteiger partial charge in [0, 0.05) is 48.4 Å². The number of nitrogens with zero attached hydrogens (tertiary/aromatic N) is 1. The first-order chi connectivity index (χ1) is 16.7. The summed E-state index contributed by atoms with van der Waals surface area (Å²) in [7, 11) is 0. The summed E-state index contributed by atoms with van der Waals surface area (Å²) in [6.07, 6.45) is 1.86. The number of benzene rings is 2. The van der Waals surface area contributed by atoms with Crippen molar-refractivity contribution < 1.29 is 19.7 Å². The van der Waals surface area contributed by atoms with Crippen molar-refractivity contribution in [2.45, 2.75) is 93.3 Å². The number of aliphatic hydroxyl groups is 2. The minimum Gasteiger partial charge on any atom is -0.487 e. The highest BCUT2D eigenvalue weighted by Gasteiger charge is 2.35. The number of ether oxygens (including phenoxy) is 2. The van der Waals surface area contributed by atoms with E-state index >= 15 is 0 Å². The van der Waals surface area contributed by atoms with Crippen molar-refractivity contribution in [3.05, 3.63) is 44.5 Å². The molecule has 0 atom stereocenters. The van der Waals surface area contributed by atoms with Crippen molar-refractivity contribution in [2.75, 3.05) is 36.9 Å². The van der Waals surface area contributed by atoms with E-state index in [1.165, 1.54) is 33.4 Å². The van der Waals surface area contributed by atoms with Crippen molar-refractivity contribution in [3.63, 3.8) is 0 Å². The molecule has 0 fully saturated rings. The minimum atomic E-state index is -0.165. The Labute approximate surface area is 217 Å². The molecule has 0 amide bonds. The zero-order valence-corrected chi connectivity index (χ0v) is 24.0. The molecular formula is C30H46N2O4. The lowest BCUT2D eigenvalue weighted by molar-refractivity contribution is 0.137. The maximum absolute atomic E-state index is 9.30. The van der Waals surface area contributed by atoms with Crippen molar-refractivity contribution in [2.24, 2.45) is 0 Å². The third-order valence-electron chi connectivity index (χ3n) is 7.80. The summed E-state index contributed by atoms with van der Waals surface area (Å²) in [5, 5.41) is 18.6. The van der Waals surface area contributed by atoms with Crippen LogP contribution in [0.15, 0.2) is 0 Å². The van der Waals surface area contributed by atoms with Gasteiger partial charge in [0.1, 0.15) is 22.7 Å². The van der Waals surface area contributed by atoms with E-state index in [1.807, 2.05) is 0 Å². The molecule has 2 aromatic rings. The zero-order valence-electron chi connectivity index (χ0n) is 24.0. The maximum Gasteiger partial charge on any atom is 0.127 e. The van der Waals surface area contributed by atoms with Crippen LogP contribution < -0.4 is 20.1 Å². The Balaban J connectivity index is 0.000000212. The lowest BCUT2D eigenvalue weighted by Crippen LogP contribution is -2.31. The predicted molar refractivity (Wildman–Crippen MR) is 149 cm³/mol. The van der Waals surface area contributed by atoms with Gasteiger partial charge in [-0.25, -0.2) is 0 Å². The van der Waals surface area contributed by atoms with E-state index < -0.39 is 0 Å². The molecule has 2 aromatic carbocycles. The third kappa shape index (κ3) is 5.16. The summed E-state index contributed by atoms with van der Waals surface area (Å²) in [5.41, 5.74) is 17.5. The van der Waals surface area contributed by atoms with Gasteiger partial charge in [-0.05, 0) is 103 Å². The topological polar surface area (TPSA) is 88.2 Å². The average Bonchev–Trinajstić information content (AvgIpc) is 3.31. The summed E-state index contributed by atoms with van der Waals surface area (Å²) in [6.45, 7) is 22.2. The Morgan fingerprint density at radius 2 is 1.08 bits per heavy atom. The summed E-state index contributed by atoms with van der Waals surface area (Å²) >= 11 is 0. The monoisotopic (exact) mass is 498 g/mol. The van der Waals surface area contributed by atoms with Gasteiger partial charge in [-0.15, -0.1) is 0 Å². The van der Waals surface area contributed by atoms with E-state index in [4.69, 9.17) is 15.2 Å². The van der Waals surface area contributed by atoms with Gasteiger partial charge in [-0.1, -0.05) is 0 Å². The standard InChI is InChI=1S/C17H27NO3.C13H19NO/c1-11-12(2)16-14(10-17(4,5)21-16)13(3)15(11)18(6-8-19)7-9-20;1-7-8(2)12-10(9(3)11(7)14)6-13(4,5)15-12/h19-20H,6-10H2,1-5H3;6,14H2,1-5H3. The molecule has 4 N–H and O–H groups in total. The number of hydrogen-bond acceptors (Lipinski definition) is 6. The van der Waals surface area contributed by atoms with Crippen LogP contribution in [0.25, 0.3) is 0 Å². The van der Waals surface area contributed by atoms with Crippen molar-refractivity contribution >= 4 is 11.4 Å². The molecule has 0 unspecified atom stereocenters. The van der Waals surface area contributed by atoms with Crippen LogP contribution in [0.1, 0.15) is 72.2 Å². The molecule has 0 spiro atoms. The van der Waals surface area contributed by atoms with Crippen LogP contribution in [0.3, 0.4) is 0 Å². The molecule has 6 nitrogen and oxygen atoms in total. The Morgan fingerprint density at radius 1 is 0.667 bits per heavy atom. The van der Waals surface area contributed by atoms with Gasteiger partial charge >= 0.3 is 0 Å². The number of nitrogen functional groups attached to an aromatic ring is 1. The first-order valence-corrected chi connectivity index (χ1v) is 13.0. The third-order valence-corrected chi connectivity index (χ3v) is 7.80. The van der Waals surface area contributed by atoms with Crippen molar-refractivity contribution in [1.29, 1.82) is 0 Å². The van der Waals surface area contributed by atoms with Gasteiger partial charge < -0.3 is 30.3 Å². The highest BCUT2D eigenvalue weighted by molar-refractivity contribution is 5.70. The molecule has 2 aliphatic rings. The fourth-order valence-electron chi connectivity index (χ4n) is 5.61. The molecule has 200 valence electrons. The van der Waals surface area contributed by atoms with Crippen LogP contribution in [0.4, 0.5) is 11.4 Å². The summed E-state index contributed by atoms with van der Waals surface area (Å²) in [6, 6.07) is 0. The van der Waals surface area contributed by atoms with Crippen LogP contribution in [-0.2, 0) is 12.8 Å². The van der Waals surface area contributed by atoms with E-state index in [0.717, 1.165) is 46.8 Å². The van der Waals surface area contributed by atoms with E-state index in [2.05, 4.69) is 74.1 Å². The molecule has 6 heteroatoms. The van der Waals surface area contributed by atoms with E-state index in [0.29, 0.717) is 13.1 Å². The highest BCUT2D eigenvalue weighted by atomic mass is 16.5. The normalized spacial score (nSPS) is 16.4. The fourth-order valence-corrected chi connectivity index (χ4v) is 5.61. The molecular weight excluding hydrogens is 452 g/mol. The lowest BCUT2D eigenvalue weighted by atomic mass is 9.92. The van der Waals surface area contributed by atoms with E-state index in [9.17, 15) is 10.2 Å². The lowest BCUT2D eigenvalue weighted by Gasteiger charge is -2.29. The van der Waals surface area contributed by atoms with Gasteiger partial charge in [0.25, 0.3) is 0 Å². The summed E-state index contributed by atoms with van der Waals surface area (Å²) in [4.78, 5) is 2.07. The van der Waals surface area contributed by atoms with Gasteiger partial charge in [-0.3, -0.25) is 0 Å². The van der Waals surface area contributed by atoms with Crippen LogP contribution in [-0.4, -0.2) is 47.7 Å². The van der Waals surface area contributed by atoms with Gasteiger partial charge in [0.15, 0.2) is 0 Å². The summed E-state index contributed by atoms with van der Waals surface area (Å²) < 4.78 is 12.1. The van der Waals surface area contributed by atoms with E-state index in [1.54, 1.807) is 0 Å². The smallest absolute Gasteiger partial charge is 0.127 e. The van der Waals surface area contributed by atoms with Gasteiger partial charge in [0.2, 0.25) is 0 Å². The zero-order chi connectivity index (χ0) is 27.2. The SMILES string of the molecule is Cc1c(C)c(N(CCO)CCO)c(C)c2c1OC(C)(C)C2.Cc1c(C)c2c(c(C)c1N)CC(C)(C)O2. The molecule has 0 radical (unpaired) electrons. The maximum atomic E-state index is 9.30. The molecule has 0 aromatic heterocycles. The minimum absolute atomic E-state index is 0.0804. The number of hydrogen-bond donors (Lipinski definition) is 3. The number of anilines is 2. The van der Waals surface area contributed by atoms with Crippen LogP contribution in [0.2, 0.25) is 0 Å². The number of nitrogens with two attached hydrogens (primary N) is 1. The average molecular weight is 499 g/mol. The molecule has 2 heterocycles.